The quantitative estimate of drug-likeness (QED) is 0.655. The van der Waals surface area contributed by atoms with E-state index in [0.717, 1.165) is 6.42 Å². The van der Waals surface area contributed by atoms with E-state index in [-0.39, 0.29) is 17.6 Å². The van der Waals surface area contributed by atoms with Crippen molar-refractivity contribution in [3.05, 3.63) is 33.9 Å². The molecule has 0 aliphatic heterocycles. The number of rotatable bonds is 5. The Morgan fingerprint density at radius 2 is 2.16 bits per heavy atom. The monoisotopic (exact) mass is 265 g/mol. The number of benzene rings is 1. The molecule has 0 spiro atoms. The fraction of sp³-hybridized carbons (Fsp3) is 0.462. The fourth-order valence-electron chi connectivity index (χ4n) is 1.71. The van der Waals surface area contributed by atoms with Gasteiger partial charge in [-0.3, -0.25) is 14.9 Å². The Morgan fingerprint density at radius 3 is 2.63 bits per heavy atom. The number of amides is 1. The highest BCUT2D eigenvalue weighted by Gasteiger charge is 2.20. The lowest BCUT2D eigenvalue weighted by Gasteiger charge is -2.24. The minimum Gasteiger partial charge on any atom is -0.383 e. The predicted molar refractivity (Wildman–Crippen MR) is 74.5 cm³/mol. The van der Waals surface area contributed by atoms with Gasteiger partial charge >= 0.3 is 0 Å². The Kier molecular flexibility index (Phi) is 4.86. The Labute approximate surface area is 112 Å². The van der Waals surface area contributed by atoms with Crippen molar-refractivity contribution >= 4 is 17.3 Å². The summed E-state index contributed by atoms with van der Waals surface area (Å²) >= 11 is 0. The summed E-state index contributed by atoms with van der Waals surface area (Å²) in [5.74, 6) is -0.138. The molecule has 1 N–H and O–H groups in total. The van der Waals surface area contributed by atoms with E-state index in [9.17, 15) is 14.9 Å². The van der Waals surface area contributed by atoms with E-state index < -0.39 is 4.92 Å². The number of nitrogens with zero attached hydrogens (tertiary/aromatic N) is 2. The number of anilines is 1. The highest BCUT2D eigenvalue weighted by molar-refractivity contribution is 5.96. The van der Waals surface area contributed by atoms with Crippen LogP contribution in [0.4, 0.5) is 11.4 Å². The Morgan fingerprint density at radius 1 is 1.53 bits per heavy atom. The number of nitrogens with one attached hydrogen (secondary N) is 1. The number of carbonyl (C=O) groups is 1. The Bertz CT molecular complexity index is 488. The second-order valence-electron chi connectivity index (χ2n) is 4.41. The fourth-order valence-corrected chi connectivity index (χ4v) is 1.71. The smallest absolute Gasteiger partial charge is 0.292 e. The molecule has 0 saturated carbocycles. The summed E-state index contributed by atoms with van der Waals surface area (Å²) in [5, 5.41) is 13.6. The second-order valence-corrected chi connectivity index (χ2v) is 4.41. The van der Waals surface area contributed by atoms with Gasteiger partial charge in [-0.25, -0.2) is 0 Å². The van der Waals surface area contributed by atoms with Crippen LogP contribution in [0.15, 0.2) is 18.2 Å². The van der Waals surface area contributed by atoms with E-state index in [1.165, 1.54) is 18.2 Å². The summed E-state index contributed by atoms with van der Waals surface area (Å²) in [7, 11) is 3.33. The van der Waals surface area contributed by atoms with Crippen LogP contribution in [0.25, 0.3) is 0 Å². The summed E-state index contributed by atoms with van der Waals surface area (Å²) in [4.78, 5) is 24.2. The summed E-state index contributed by atoms with van der Waals surface area (Å²) in [6, 6.07) is 4.48. The molecule has 0 heterocycles. The maximum atomic E-state index is 12.2. The number of nitro benzene ring substituents is 1. The van der Waals surface area contributed by atoms with Crippen LogP contribution in [-0.2, 0) is 0 Å². The van der Waals surface area contributed by atoms with Crippen LogP contribution in [0, 0.1) is 10.1 Å². The lowest BCUT2D eigenvalue weighted by molar-refractivity contribution is -0.383. The van der Waals surface area contributed by atoms with Gasteiger partial charge in [-0.1, -0.05) is 6.92 Å². The standard InChI is InChI=1S/C13H19N3O3/c1-5-9(2)15(4)13(17)10-6-7-12(16(18)19)11(8-10)14-3/h6-9,14H,5H2,1-4H3. The molecular weight excluding hydrogens is 246 g/mol. The second kappa shape index (κ2) is 6.17. The molecule has 104 valence electrons. The maximum Gasteiger partial charge on any atom is 0.292 e. The number of hydrogen-bond donors (Lipinski definition) is 1. The third kappa shape index (κ3) is 3.21. The molecule has 1 rings (SSSR count). The highest BCUT2D eigenvalue weighted by atomic mass is 16.6. The molecular formula is C13H19N3O3. The molecule has 1 atom stereocenters. The predicted octanol–water partition coefficient (Wildman–Crippen LogP) is 2.51. The average Bonchev–Trinajstić information content (AvgIpc) is 2.43. The van der Waals surface area contributed by atoms with E-state index in [4.69, 9.17) is 0 Å². The van der Waals surface area contributed by atoms with Crippen LogP contribution in [0.3, 0.4) is 0 Å². The van der Waals surface area contributed by atoms with Gasteiger partial charge < -0.3 is 10.2 Å². The van der Waals surface area contributed by atoms with E-state index >= 15 is 0 Å². The minimum atomic E-state index is -0.474. The SMILES string of the molecule is CCC(C)N(C)C(=O)c1ccc([N+](=O)[O-])c(NC)c1. The lowest BCUT2D eigenvalue weighted by Crippen LogP contribution is -2.34. The molecule has 6 heteroatoms. The molecule has 0 aromatic heterocycles. The van der Waals surface area contributed by atoms with Crippen molar-refractivity contribution in [1.82, 2.24) is 4.90 Å². The van der Waals surface area contributed by atoms with E-state index in [2.05, 4.69) is 5.32 Å². The van der Waals surface area contributed by atoms with Crippen molar-refractivity contribution in [2.24, 2.45) is 0 Å². The molecule has 0 aliphatic carbocycles. The van der Waals surface area contributed by atoms with Gasteiger partial charge in [0.25, 0.3) is 11.6 Å². The number of carbonyl (C=O) groups excluding carboxylic acids is 1. The van der Waals surface area contributed by atoms with Gasteiger partial charge in [-0.15, -0.1) is 0 Å². The van der Waals surface area contributed by atoms with Crippen molar-refractivity contribution in [3.63, 3.8) is 0 Å². The molecule has 0 saturated heterocycles. The van der Waals surface area contributed by atoms with Crippen LogP contribution in [0.5, 0.6) is 0 Å². The normalized spacial score (nSPS) is 11.8. The zero-order valence-electron chi connectivity index (χ0n) is 11.6. The van der Waals surface area contributed by atoms with Crippen molar-refractivity contribution in [2.45, 2.75) is 26.3 Å². The Hall–Kier alpha value is -2.11. The molecule has 0 fully saturated rings. The lowest BCUT2D eigenvalue weighted by atomic mass is 10.1. The topological polar surface area (TPSA) is 75.5 Å². The summed E-state index contributed by atoms with van der Waals surface area (Å²) in [5.41, 5.74) is 0.747. The van der Waals surface area contributed by atoms with Crippen LogP contribution in [0.1, 0.15) is 30.6 Å². The molecule has 1 amide bonds. The Balaban J connectivity index is 3.09. The van der Waals surface area contributed by atoms with E-state index in [1.54, 1.807) is 19.0 Å². The molecule has 1 aromatic rings. The third-order valence-electron chi connectivity index (χ3n) is 3.28. The van der Waals surface area contributed by atoms with Crippen molar-refractivity contribution in [3.8, 4) is 0 Å². The number of nitro groups is 1. The average molecular weight is 265 g/mol. The first-order valence-electron chi connectivity index (χ1n) is 6.15. The van der Waals surface area contributed by atoms with Gasteiger partial charge in [0, 0.05) is 31.8 Å². The molecule has 0 bridgehead atoms. The zero-order chi connectivity index (χ0) is 14.6. The van der Waals surface area contributed by atoms with Gasteiger partial charge in [-0.05, 0) is 25.5 Å². The van der Waals surface area contributed by atoms with Crippen molar-refractivity contribution in [2.75, 3.05) is 19.4 Å². The minimum absolute atomic E-state index is 0.0368. The van der Waals surface area contributed by atoms with Crippen LogP contribution in [-0.4, -0.2) is 35.9 Å². The first-order chi connectivity index (χ1) is 8.92. The molecule has 1 unspecified atom stereocenters. The molecule has 6 nitrogen and oxygen atoms in total. The van der Waals surface area contributed by atoms with Gasteiger partial charge in [0.2, 0.25) is 0 Å². The maximum absolute atomic E-state index is 12.2. The molecule has 0 radical (unpaired) electrons. The van der Waals surface area contributed by atoms with Crippen LogP contribution < -0.4 is 5.32 Å². The molecule has 19 heavy (non-hydrogen) atoms. The number of hydrogen-bond acceptors (Lipinski definition) is 4. The molecule has 1 aromatic carbocycles. The van der Waals surface area contributed by atoms with Gasteiger partial charge in [0.1, 0.15) is 5.69 Å². The first-order valence-corrected chi connectivity index (χ1v) is 6.15. The highest BCUT2D eigenvalue weighted by Crippen LogP contribution is 2.25. The van der Waals surface area contributed by atoms with Gasteiger partial charge in [0.05, 0.1) is 4.92 Å². The summed E-state index contributed by atoms with van der Waals surface area (Å²) in [6.07, 6.45) is 0.855. The van der Waals surface area contributed by atoms with Crippen molar-refractivity contribution < 1.29 is 9.72 Å². The first kappa shape index (κ1) is 14.9. The van der Waals surface area contributed by atoms with Crippen LogP contribution in [0.2, 0.25) is 0 Å². The summed E-state index contributed by atoms with van der Waals surface area (Å²) in [6.45, 7) is 3.96. The van der Waals surface area contributed by atoms with Gasteiger partial charge in [0.15, 0.2) is 0 Å². The zero-order valence-corrected chi connectivity index (χ0v) is 11.6. The van der Waals surface area contributed by atoms with Crippen molar-refractivity contribution in [1.29, 1.82) is 0 Å². The van der Waals surface area contributed by atoms with Crippen LogP contribution >= 0.6 is 0 Å². The third-order valence-corrected chi connectivity index (χ3v) is 3.28. The summed E-state index contributed by atoms with van der Waals surface area (Å²) < 4.78 is 0. The van der Waals surface area contributed by atoms with E-state index in [1.807, 2.05) is 13.8 Å². The van der Waals surface area contributed by atoms with E-state index in [0.29, 0.717) is 11.3 Å². The largest absolute Gasteiger partial charge is 0.383 e. The molecule has 0 aliphatic rings. The van der Waals surface area contributed by atoms with Gasteiger partial charge in [-0.2, -0.15) is 0 Å².